The molecule has 1 aliphatic heterocycles. The molecule has 1 aromatic rings. The molecule has 0 saturated carbocycles. The number of hydrogen-bond donors (Lipinski definition) is 1. The van der Waals surface area contributed by atoms with Gasteiger partial charge < -0.3 is 5.73 Å². The van der Waals surface area contributed by atoms with Crippen molar-refractivity contribution >= 4 is 0 Å². The van der Waals surface area contributed by atoms with Crippen LogP contribution in [0.2, 0.25) is 0 Å². The van der Waals surface area contributed by atoms with Crippen LogP contribution in [0.5, 0.6) is 0 Å². The van der Waals surface area contributed by atoms with Crippen molar-refractivity contribution in [1.82, 2.24) is 4.90 Å². The van der Waals surface area contributed by atoms with Gasteiger partial charge in [-0.2, -0.15) is 5.26 Å². The van der Waals surface area contributed by atoms with Crippen molar-refractivity contribution in [3.05, 3.63) is 35.9 Å². The van der Waals surface area contributed by atoms with E-state index in [1.807, 2.05) is 18.2 Å². The van der Waals surface area contributed by atoms with E-state index in [1.165, 1.54) is 5.56 Å². The Bertz CT molecular complexity index is 369. The topological polar surface area (TPSA) is 53.0 Å². The Balaban J connectivity index is 2.15. The number of rotatable bonds is 3. The quantitative estimate of drug-likeness (QED) is 0.834. The summed E-state index contributed by atoms with van der Waals surface area (Å²) in [7, 11) is 0. The normalized spacial score (nSPS) is 22.9. The predicted molar refractivity (Wildman–Crippen MR) is 63.6 cm³/mol. The molecular formula is C13H17N3. The molecule has 0 aliphatic carbocycles. The minimum Gasteiger partial charge on any atom is -0.326 e. The summed E-state index contributed by atoms with van der Waals surface area (Å²) in [6, 6.07) is 13.0. The highest BCUT2D eigenvalue weighted by Crippen LogP contribution is 2.27. The Kier molecular flexibility index (Phi) is 3.55. The van der Waals surface area contributed by atoms with Gasteiger partial charge in [0.1, 0.15) is 0 Å². The minimum absolute atomic E-state index is 0.208. The van der Waals surface area contributed by atoms with E-state index in [0.717, 1.165) is 19.5 Å². The molecule has 1 aromatic carbocycles. The van der Waals surface area contributed by atoms with Crippen LogP contribution in [0.4, 0.5) is 0 Å². The average Bonchev–Trinajstić information content (AvgIpc) is 2.74. The molecule has 3 heteroatoms. The van der Waals surface area contributed by atoms with Crippen LogP contribution in [0.3, 0.4) is 0 Å². The van der Waals surface area contributed by atoms with Crippen LogP contribution in [0, 0.1) is 11.3 Å². The lowest BCUT2D eigenvalue weighted by Gasteiger charge is -2.26. The summed E-state index contributed by atoms with van der Waals surface area (Å²) in [6.45, 7) is 1.91. The standard InChI is InChI=1S/C13H17N3/c14-8-6-13(11-4-2-1-3-5-11)16-9-7-12(15)10-16/h1-5,12-13H,6-7,9-10,15H2/t12-,13?/m0/s1. The van der Waals surface area contributed by atoms with Crippen LogP contribution in [-0.2, 0) is 0 Å². The summed E-state index contributed by atoms with van der Waals surface area (Å²) in [5, 5.41) is 8.92. The molecule has 84 valence electrons. The third-order valence-corrected chi connectivity index (χ3v) is 3.17. The van der Waals surface area contributed by atoms with Gasteiger partial charge in [-0.15, -0.1) is 0 Å². The maximum absolute atomic E-state index is 8.92. The molecule has 1 fully saturated rings. The van der Waals surface area contributed by atoms with Crippen molar-refractivity contribution in [1.29, 1.82) is 5.26 Å². The Morgan fingerprint density at radius 2 is 2.19 bits per heavy atom. The van der Waals surface area contributed by atoms with Crippen molar-refractivity contribution in [2.24, 2.45) is 5.73 Å². The molecule has 0 radical (unpaired) electrons. The van der Waals surface area contributed by atoms with Crippen molar-refractivity contribution in [2.75, 3.05) is 13.1 Å². The first-order valence-electron chi connectivity index (χ1n) is 5.73. The first-order chi connectivity index (χ1) is 7.81. The Labute approximate surface area is 96.5 Å². The monoisotopic (exact) mass is 215 g/mol. The molecule has 0 bridgehead atoms. The van der Waals surface area contributed by atoms with Crippen LogP contribution in [0.25, 0.3) is 0 Å². The van der Waals surface area contributed by atoms with E-state index in [2.05, 4.69) is 23.1 Å². The molecule has 2 rings (SSSR count). The smallest absolute Gasteiger partial charge is 0.0641 e. The number of hydrogen-bond acceptors (Lipinski definition) is 3. The van der Waals surface area contributed by atoms with Gasteiger partial charge in [0.25, 0.3) is 0 Å². The summed E-state index contributed by atoms with van der Waals surface area (Å²) < 4.78 is 0. The second-order valence-corrected chi connectivity index (χ2v) is 4.33. The highest BCUT2D eigenvalue weighted by molar-refractivity contribution is 5.20. The third kappa shape index (κ3) is 2.41. The molecule has 2 atom stereocenters. The lowest BCUT2D eigenvalue weighted by atomic mass is 10.0. The van der Waals surface area contributed by atoms with Gasteiger partial charge in [0.15, 0.2) is 0 Å². The fourth-order valence-electron chi connectivity index (χ4n) is 2.32. The largest absolute Gasteiger partial charge is 0.326 e. The van der Waals surface area contributed by atoms with Crippen LogP contribution in [0.15, 0.2) is 30.3 Å². The SMILES string of the molecule is N#CCC(c1ccccc1)N1CC[C@H](N)C1. The minimum atomic E-state index is 0.208. The number of nitrogens with zero attached hydrogens (tertiary/aromatic N) is 2. The Hall–Kier alpha value is -1.37. The van der Waals surface area contributed by atoms with E-state index in [9.17, 15) is 0 Å². The van der Waals surface area contributed by atoms with Crippen LogP contribution in [0.1, 0.15) is 24.4 Å². The molecule has 0 spiro atoms. The predicted octanol–water partition coefficient (Wildman–Crippen LogP) is 1.67. The number of likely N-dealkylation sites (tertiary alicyclic amines) is 1. The molecule has 3 nitrogen and oxygen atoms in total. The lowest BCUT2D eigenvalue weighted by molar-refractivity contribution is 0.246. The molecule has 1 aliphatic rings. The second kappa shape index (κ2) is 5.11. The first kappa shape index (κ1) is 11.1. The first-order valence-corrected chi connectivity index (χ1v) is 5.73. The van der Waals surface area contributed by atoms with Gasteiger partial charge in [0.2, 0.25) is 0 Å². The maximum Gasteiger partial charge on any atom is 0.0641 e. The number of benzene rings is 1. The molecule has 1 saturated heterocycles. The summed E-state index contributed by atoms with van der Waals surface area (Å²) in [4.78, 5) is 2.32. The van der Waals surface area contributed by atoms with Gasteiger partial charge in [0.05, 0.1) is 12.5 Å². The van der Waals surface area contributed by atoms with E-state index in [-0.39, 0.29) is 12.1 Å². The molecular weight excluding hydrogens is 198 g/mol. The summed E-state index contributed by atoms with van der Waals surface area (Å²) >= 11 is 0. The zero-order chi connectivity index (χ0) is 11.4. The van der Waals surface area contributed by atoms with Crippen molar-refractivity contribution < 1.29 is 0 Å². The van der Waals surface area contributed by atoms with Crippen molar-refractivity contribution in [3.63, 3.8) is 0 Å². The molecule has 0 amide bonds. The van der Waals surface area contributed by atoms with Crippen LogP contribution >= 0.6 is 0 Å². The molecule has 2 N–H and O–H groups in total. The maximum atomic E-state index is 8.92. The van der Waals surface area contributed by atoms with Gasteiger partial charge in [0, 0.05) is 25.2 Å². The highest BCUT2D eigenvalue weighted by Gasteiger charge is 2.26. The zero-order valence-electron chi connectivity index (χ0n) is 9.34. The third-order valence-electron chi connectivity index (χ3n) is 3.17. The zero-order valence-corrected chi connectivity index (χ0v) is 9.34. The van der Waals surface area contributed by atoms with E-state index in [0.29, 0.717) is 6.42 Å². The van der Waals surface area contributed by atoms with Crippen molar-refractivity contribution in [2.45, 2.75) is 24.9 Å². The second-order valence-electron chi connectivity index (χ2n) is 4.33. The van der Waals surface area contributed by atoms with Gasteiger partial charge in [-0.05, 0) is 12.0 Å². The number of nitrogens with two attached hydrogens (primary N) is 1. The Morgan fingerprint density at radius 3 is 2.75 bits per heavy atom. The summed E-state index contributed by atoms with van der Waals surface area (Å²) in [5.41, 5.74) is 7.13. The molecule has 1 unspecified atom stereocenters. The van der Waals surface area contributed by atoms with Gasteiger partial charge >= 0.3 is 0 Å². The summed E-state index contributed by atoms with van der Waals surface area (Å²) in [6.07, 6.45) is 1.57. The lowest BCUT2D eigenvalue weighted by Crippen LogP contribution is -2.30. The Morgan fingerprint density at radius 1 is 1.44 bits per heavy atom. The number of nitriles is 1. The van der Waals surface area contributed by atoms with E-state index in [4.69, 9.17) is 11.0 Å². The fourth-order valence-corrected chi connectivity index (χ4v) is 2.32. The van der Waals surface area contributed by atoms with Gasteiger partial charge in [-0.1, -0.05) is 30.3 Å². The molecule has 0 aromatic heterocycles. The van der Waals surface area contributed by atoms with Gasteiger partial charge in [-0.3, -0.25) is 4.90 Å². The molecule has 1 heterocycles. The van der Waals surface area contributed by atoms with E-state index < -0.39 is 0 Å². The highest BCUT2D eigenvalue weighted by atomic mass is 15.2. The van der Waals surface area contributed by atoms with E-state index >= 15 is 0 Å². The summed E-state index contributed by atoms with van der Waals surface area (Å²) in [5.74, 6) is 0. The molecule has 16 heavy (non-hydrogen) atoms. The van der Waals surface area contributed by atoms with Crippen molar-refractivity contribution in [3.8, 4) is 6.07 Å². The van der Waals surface area contributed by atoms with Crippen LogP contribution in [-0.4, -0.2) is 24.0 Å². The fraction of sp³-hybridized carbons (Fsp3) is 0.462. The van der Waals surface area contributed by atoms with E-state index in [1.54, 1.807) is 0 Å². The average molecular weight is 215 g/mol. The van der Waals surface area contributed by atoms with Gasteiger partial charge in [-0.25, -0.2) is 0 Å². The van der Waals surface area contributed by atoms with Crippen LogP contribution < -0.4 is 5.73 Å².